The molecule has 0 heterocycles. The standard InChI is InChI=1S/C23H36O5/c1-2-3-4-5-6-7-8-9-10-11-12-13-14-15-16-17-18-19-21(25)23(26)22(20-24)28-27/h10-19,22-24,26-27H,2-9,20H2,1H3/b11-10?,13-12?,15-14?,17-16+,19-18-. The van der Waals surface area contributed by atoms with E-state index in [0.29, 0.717) is 0 Å². The summed E-state index contributed by atoms with van der Waals surface area (Å²) in [5.74, 6) is -0.660. The van der Waals surface area contributed by atoms with Gasteiger partial charge in [-0.3, -0.25) is 10.1 Å². The Morgan fingerprint density at radius 1 is 0.857 bits per heavy atom. The number of rotatable bonds is 17. The first kappa shape index (κ1) is 26.2. The SMILES string of the molecule is CCCCCCCCCC=CC=CC=C/C=C/C=C\C(=O)C(O)C(CO)OO. The van der Waals surface area contributed by atoms with Crippen LogP contribution in [-0.2, 0) is 9.68 Å². The van der Waals surface area contributed by atoms with Crippen LogP contribution in [0.3, 0.4) is 0 Å². The highest BCUT2D eigenvalue weighted by Crippen LogP contribution is 2.08. The molecule has 0 aliphatic heterocycles. The Morgan fingerprint density at radius 2 is 1.39 bits per heavy atom. The van der Waals surface area contributed by atoms with Crippen molar-refractivity contribution in [3.63, 3.8) is 0 Å². The van der Waals surface area contributed by atoms with Gasteiger partial charge in [0.05, 0.1) is 6.61 Å². The zero-order valence-electron chi connectivity index (χ0n) is 17.0. The number of hydrogen-bond acceptors (Lipinski definition) is 5. The average molecular weight is 393 g/mol. The summed E-state index contributed by atoms with van der Waals surface area (Å²) in [6, 6.07) is 0. The van der Waals surface area contributed by atoms with Crippen LogP contribution in [0.1, 0.15) is 58.3 Å². The fourth-order valence-corrected chi connectivity index (χ4v) is 2.40. The summed E-state index contributed by atoms with van der Waals surface area (Å²) in [6.07, 6.45) is 25.3. The van der Waals surface area contributed by atoms with E-state index in [-0.39, 0.29) is 0 Å². The zero-order valence-corrected chi connectivity index (χ0v) is 17.0. The van der Waals surface area contributed by atoms with Crippen molar-refractivity contribution >= 4 is 5.78 Å². The van der Waals surface area contributed by atoms with Crippen molar-refractivity contribution in [3.05, 3.63) is 60.8 Å². The second-order valence-electron chi connectivity index (χ2n) is 6.53. The first-order chi connectivity index (χ1) is 13.7. The number of aliphatic hydroxyl groups is 2. The molecule has 5 heteroatoms. The molecule has 158 valence electrons. The van der Waals surface area contributed by atoms with E-state index in [1.54, 1.807) is 12.2 Å². The summed E-state index contributed by atoms with van der Waals surface area (Å²) in [4.78, 5) is 15.4. The number of hydrogen-bond donors (Lipinski definition) is 3. The zero-order chi connectivity index (χ0) is 20.9. The lowest BCUT2D eigenvalue weighted by Crippen LogP contribution is -2.37. The van der Waals surface area contributed by atoms with E-state index in [1.807, 2.05) is 30.4 Å². The maximum atomic E-state index is 11.6. The number of unbranched alkanes of at least 4 members (excludes halogenated alkanes) is 7. The van der Waals surface area contributed by atoms with E-state index in [4.69, 9.17) is 10.4 Å². The van der Waals surface area contributed by atoms with E-state index in [9.17, 15) is 9.90 Å². The quantitative estimate of drug-likeness (QED) is 0.110. The third-order valence-corrected chi connectivity index (χ3v) is 4.11. The molecule has 0 fully saturated rings. The summed E-state index contributed by atoms with van der Waals surface area (Å²) >= 11 is 0. The van der Waals surface area contributed by atoms with Crippen LogP contribution in [-0.4, -0.2) is 40.1 Å². The van der Waals surface area contributed by atoms with Gasteiger partial charge in [0, 0.05) is 0 Å². The minimum Gasteiger partial charge on any atom is -0.393 e. The van der Waals surface area contributed by atoms with Gasteiger partial charge in [0.15, 0.2) is 5.78 Å². The van der Waals surface area contributed by atoms with Gasteiger partial charge in [0.25, 0.3) is 0 Å². The summed E-state index contributed by atoms with van der Waals surface area (Å²) in [5, 5.41) is 26.8. The second-order valence-corrected chi connectivity index (χ2v) is 6.53. The molecule has 0 aliphatic rings. The lowest BCUT2D eigenvalue weighted by atomic mass is 10.1. The van der Waals surface area contributed by atoms with Gasteiger partial charge < -0.3 is 10.2 Å². The Hall–Kier alpha value is -1.79. The molecule has 0 rings (SSSR count). The van der Waals surface area contributed by atoms with Crippen LogP contribution in [0.2, 0.25) is 0 Å². The van der Waals surface area contributed by atoms with Crippen LogP contribution in [0.25, 0.3) is 0 Å². The molecule has 0 aliphatic carbocycles. The molecule has 0 bridgehead atoms. The number of carbonyl (C=O) groups is 1. The predicted molar refractivity (Wildman–Crippen MR) is 114 cm³/mol. The maximum Gasteiger partial charge on any atom is 0.186 e. The van der Waals surface area contributed by atoms with Crippen LogP contribution in [0.5, 0.6) is 0 Å². The van der Waals surface area contributed by atoms with Crippen LogP contribution in [0.15, 0.2) is 60.8 Å². The summed E-state index contributed by atoms with van der Waals surface area (Å²) in [7, 11) is 0. The van der Waals surface area contributed by atoms with Gasteiger partial charge >= 0.3 is 0 Å². The van der Waals surface area contributed by atoms with Gasteiger partial charge in [-0.25, -0.2) is 4.89 Å². The van der Waals surface area contributed by atoms with Crippen molar-refractivity contribution < 1.29 is 25.2 Å². The third kappa shape index (κ3) is 15.3. The maximum absolute atomic E-state index is 11.6. The molecule has 0 aromatic carbocycles. The monoisotopic (exact) mass is 392 g/mol. The van der Waals surface area contributed by atoms with Crippen molar-refractivity contribution in [1.29, 1.82) is 0 Å². The van der Waals surface area contributed by atoms with Gasteiger partial charge in [0.2, 0.25) is 0 Å². The minimum absolute atomic E-state index is 0.657. The number of carbonyl (C=O) groups excluding carboxylic acids is 1. The summed E-state index contributed by atoms with van der Waals surface area (Å²) < 4.78 is 0. The van der Waals surface area contributed by atoms with E-state index >= 15 is 0 Å². The summed E-state index contributed by atoms with van der Waals surface area (Å²) in [6.45, 7) is 1.58. The van der Waals surface area contributed by atoms with Crippen LogP contribution in [0.4, 0.5) is 0 Å². The van der Waals surface area contributed by atoms with Crippen molar-refractivity contribution in [1.82, 2.24) is 0 Å². The smallest absolute Gasteiger partial charge is 0.186 e. The predicted octanol–water partition coefficient (Wildman–Crippen LogP) is 4.69. The Morgan fingerprint density at radius 3 is 1.96 bits per heavy atom. The fraction of sp³-hybridized carbons (Fsp3) is 0.522. The first-order valence-corrected chi connectivity index (χ1v) is 10.1. The highest BCUT2D eigenvalue weighted by atomic mass is 17.1. The molecule has 5 nitrogen and oxygen atoms in total. The van der Waals surface area contributed by atoms with E-state index in [1.165, 1.54) is 51.0 Å². The molecule has 0 saturated carbocycles. The normalized spacial score (nSPS) is 15.0. The lowest BCUT2D eigenvalue weighted by molar-refractivity contribution is -0.299. The largest absolute Gasteiger partial charge is 0.393 e. The van der Waals surface area contributed by atoms with Crippen molar-refractivity contribution in [2.75, 3.05) is 6.61 Å². The number of allylic oxidation sites excluding steroid dienone is 9. The fourth-order valence-electron chi connectivity index (χ4n) is 2.40. The molecular formula is C23H36O5. The van der Waals surface area contributed by atoms with Gasteiger partial charge in [-0.15, -0.1) is 0 Å². The Kier molecular flexibility index (Phi) is 18.7. The third-order valence-electron chi connectivity index (χ3n) is 4.11. The molecule has 0 saturated heterocycles. The number of aliphatic hydroxyl groups excluding tert-OH is 2. The second kappa shape index (κ2) is 20.0. The van der Waals surface area contributed by atoms with Crippen molar-refractivity contribution in [2.24, 2.45) is 0 Å². The van der Waals surface area contributed by atoms with Gasteiger partial charge in [-0.05, 0) is 18.9 Å². The molecule has 0 amide bonds. The van der Waals surface area contributed by atoms with E-state index in [2.05, 4.69) is 17.9 Å². The molecule has 3 N–H and O–H groups in total. The molecule has 2 unspecified atom stereocenters. The Bertz CT molecular complexity index is 513. The highest BCUT2D eigenvalue weighted by Gasteiger charge is 2.24. The van der Waals surface area contributed by atoms with Crippen molar-refractivity contribution in [2.45, 2.75) is 70.5 Å². The average Bonchev–Trinajstić information content (AvgIpc) is 2.70. The van der Waals surface area contributed by atoms with E-state index < -0.39 is 24.6 Å². The van der Waals surface area contributed by atoms with Crippen molar-refractivity contribution in [3.8, 4) is 0 Å². The first-order valence-electron chi connectivity index (χ1n) is 10.1. The summed E-state index contributed by atoms with van der Waals surface area (Å²) in [5.41, 5.74) is 0. The van der Waals surface area contributed by atoms with Gasteiger partial charge in [-0.2, -0.15) is 0 Å². The molecular weight excluding hydrogens is 356 g/mol. The van der Waals surface area contributed by atoms with Gasteiger partial charge in [-0.1, -0.05) is 100 Å². The molecule has 2 atom stereocenters. The Labute approximate surface area is 169 Å². The lowest BCUT2D eigenvalue weighted by Gasteiger charge is -2.14. The van der Waals surface area contributed by atoms with E-state index in [0.717, 1.165) is 12.5 Å². The van der Waals surface area contributed by atoms with Crippen LogP contribution >= 0.6 is 0 Å². The van der Waals surface area contributed by atoms with Crippen LogP contribution < -0.4 is 0 Å². The van der Waals surface area contributed by atoms with Crippen LogP contribution in [0, 0.1) is 0 Å². The highest BCUT2D eigenvalue weighted by molar-refractivity contribution is 5.94. The molecule has 0 radical (unpaired) electrons. The Balaban J connectivity index is 3.85. The number of ketones is 1. The molecule has 0 spiro atoms. The van der Waals surface area contributed by atoms with Gasteiger partial charge in [0.1, 0.15) is 12.2 Å². The molecule has 0 aromatic heterocycles. The molecule has 0 aromatic rings. The molecule has 28 heavy (non-hydrogen) atoms. The minimum atomic E-state index is -1.61. The topological polar surface area (TPSA) is 87.0 Å².